The Balaban J connectivity index is 2.14. The van der Waals surface area contributed by atoms with Gasteiger partial charge in [0.15, 0.2) is 0 Å². The Morgan fingerprint density at radius 1 is 1.05 bits per heavy atom. The Labute approximate surface area is 120 Å². The SMILES string of the molecule is Cc1cc(-n2nc(C)cc2-c2ccc(Cl)cc2)sn1. The molecule has 19 heavy (non-hydrogen) atoms. The summed E-state index contributed by atoms with van der Waals surface area (Å²) in [4.78, 5) is 0. The highest BCUT2D eigenvalue weighted by Gasteiger charge is 2.11. The summed E-state index contributed by atoms with van der Waals surface area (Å²) in [6, 6.07) is 11.9. The van der Waals surface area contributed by atoms with Crippen molar-refractivity contribution in [2.45, 2.75) is 13.8 Å². The second-order valence-electron chi connectivity index (χ2n) is 4.40. The van der Waals surface area contributed by atoms with E-state index in [1.54, 1.807) is 0 Å². The molecule has 0 aliphatic carbocycles. The molecule has 3 nitrogen and oxygen atoms in total. The molecule has 3 aromatic rings. The van der Waals surface area contributed by atoms with Gasteiger partial charge in [-0.2, -0.15) is 9.47 Å². The lowest BCUT2D eigenvalue weighted by molar-refractivity contribution is 0.884. The number of hydrogen-bond acceptors (Lipinski definition) is 3. The van der Waals surface area contributed by atoms with Crippen molar-refractivity contribution in [2.24, 2.45) is 0 Å². The molecule has 2 heterocycles. The quantitative estimate of drug-likeness (QED) is 0.705. The Hall–Kier alpha value is -1.65. The van der Waals surface area contributed by atoms with Gasteiger partial charge in [0.1, 0.15) is 5.00 Å². The molecule has 0 aliphatic heterocycles. The molecule has 0 amide bonds. The van der Waals surface area contributed by atoms with Gasteiger partial charge in [-0.25, -0.2) is 4.68 Å². The summed E-state index contributed by atoms with van der Waals surface area (Å²) in [5, 5.41) is 6.31. The second-order valence-corrected chi connectivity index (χ2v) is 5.62. The van der Waals surface area contributed by atoms with Crippen LogP contribution in [0, 0.1) is 13.8 Å². The minimum atomic E-state index is 0.736. The zero-order chi connectivity index (χ0) is 13.4. The van der Waals surface area contributed by atoms with Crippen molar-refractivity contribution < 1.29 is 0 Å². The molecule has 0 saturated carbocycles. The number of aromatic nitrogens is 3. The smallest absolute Gasteiger partial charge is 0.138 e. The van der Waals surface area contributed by atoms with Crippen LogP contribution in [0.1, 0.15) is 11.4 Å². The van der Waals surface area contributed by atoms with Gasteiger partial charge in [-0.3, -0.25) is 0 Å². The van der Waals surface area contributed by atoms with E-state index in [1.807, 2.05) is 48.9 Å². The molecule has 0 atom stereocenters. The highest BCUT2D eigenvalue weighted by Crippen LogP contribution is 2.27. The number of aryl methyl sites for hydroxylation is 2. The van der Waals surface area contributed by atoms with E-state index >= 15 is 0 Å². The van der Waals surface area contributed by atoms with Crippen molar-refractivity contribution >= 4 is 23.1 Å². The van der Waals surface area contributed by atoms with Crippen LogP contribution in [0.15, 0.2) is 36.4 Å². The molecule has 0 aliphatic rings. The van der Waals surface area contributed by atoms with E-state index in [-0.39, 0.29) is 0 Å². The molecule has 0 fully saturated rings. The molecule has 96 valence electrons. The number of benzene rings is 1. The average Bonchev–Trinajstić information content (AvgIpc) is 2.96. The van der Waals surface area contributed by atoms with E-state index < -0.39 is 0 Å². The normalized spacial score (nSPS) is 10.9. The average molecular weight is 290 g/mol. The summed E-state index contributed by atoms with van der Waals surface area (Å²) >= 11 is 7.39. The number of halogens is 1. The molecule has 0 unspecified atom stereocenters. The first-order valence-corrected chi connectivity index (χ1v) is 7.05. The lowest BCUT2D eigenvalue weighted by Crippen LogP contribution is -1.96. The first-order valence-electron chi connectivity index (χ1n) is 5.90. The molecule has 0 bridgehead atoms. The maximum atomic E-state index is 5.93. The first kappa shape index (κ1) is 12.4. The van der Waals surface area contributed by atoms with Crippen LogP contribution in [0.5, 0.6) is 0 Å². The third kappa shape index (κ3) is 2.41. The van der Waals surface area contributed by atoms with Crippen LogP contribution in [0.25, 0.3) is 16.3 Å². The maximum absolute atomic E-state index is 5.93. The van der Waals surface area contributed by atoms with E-state index in [4.69, 9.17) is 11.6 Å². The van der Waals surface area contributed by atoms with E-state index in [2.05, 4.69) is 15.5 Å². The summed E-state index contributed by atoms with van der Waals surface area (Å²) in [5.74, 6) is 0. The molecule has 3 rings (SSSR count). The van der Waals surface area contributed by atoms with Crippen molar-refractivity contribution in [3.63, 3.8) is 0 Å². The molecular formula is C14H12ClN3S. The van der Waals surface area contributed by atoms with E-state index in [9.17, 15) is 0 Å². The first-order chi connectivity index (χ1) is 9.13. The molecular weight excluding hydrogens is 278 g/mol. The van der Waals surface area contributed by atoms with Gasteiger partial charge in [0.2, 0.25) is 0 Å². The van der Waals surface area contributed by atoms with Crippen LogP contribution in [0.4, 0.5) is 0 Å². The standard InChI is InChI=1S/C14H12ClN3S/c1-9-7-13(11-3-5-12(15)6-4-11)18(16-9)14-8-10(2)17-19-14/h3-8H,1-2H3. The molecule has 5 heteroatoms. The lowest BCUT2D eigenvalue weighted by Gasteiger charge is -2.04. The highest BCUT2D eigenvalue weighted by molar-refractivity contribution is 7.08. The van der Waals surface area contributed by atoms with Gasteiger partial charge in [0.25, 0.3) is 0 Å². The zero-order valence-corrected chi connectivity index (χ0v) is 12.2. The van der Waals surface area contributed by atoms with Crippen LogP contribution in [-0.2, 0) is 0 Å². The Kier molecular flexibility index (Phi) is 3.12. The van der Waals surface area contributed by atoms with Crippen LogP contribution >= 0.6 is 23.1 Å². The summed E-state index contributed by atoms with van der Waals surface area (Å²) in [6.07, 6.45) is 0. The monoisotopic (exact) mass is 289 g/mol. The topological polar surface area (TPSA) is 30.7 Å². The van der Waals surface area contributed by atoms with Crippen molar-refractivity contribution in [1.82, 2.24) is 14.2 Å². The summed E-state index contributed by atoms with van der Waals surface area (Å²) < 4.78 is 6.24. The highest BCUT2D eigenvalue weighted by atomic mass is 35.5. The second kappa shape index (κ2) is 4.79. The minimum absolute atomic E-state index is 0.736. The molecule has 1 aromatic carbocycles. The number of rotatable bonds is 2. The summed E-state index contributed by atoms with van der Waals surface area (Å²) in [6.45, 7) is 3.97. The predicted octanol–water partition coefficient (Wildman–Crippen LogP) is 4.27. The van der Waals surface area contributed by atoms with Gasteiger partial charge in [-0.15, -0.1) is 0 Å². The van der Waals surface area contributed by atoms with Gasteiger partial charge < -0.3 is 0 Å². The Morgan fingerprint density at radius 2 is 1.79 bits per heavy atom. The lowest BCUT2D eigenvalue weighted by atomic mass is 10.1. The van der Waals surface area contributed by atoms with E-state index in [1.165, 1.54) is 11.5 Å². The molecule has 0 saturated heterocycles. The molecule has 2 aromatic heterocycles. The van der Waals surface area contributed by atoms with E-state index in [0.717, 1.165) is 32.7 Å². The fourth-order valence-corrected chi connectivity index (χ4v) is 2.80. The number of nitrogens with zero attached hydrogens (tertiary/aromatic N) is 3. The summed E-state index contributed by atoms with van der Waals surface area (Å²) in [5.41, 5.74) is 4.14. The molecule has 0 spiro atoms. The van der Waals surface area contributed by atoms with Crippen molar-refractivity contribution in [3.05, 3.63) is 52.8 Å². The molecule has 0 radical (unpaired) electrons. The summed E-state index contributed by atoms with van der Waals surface area (Å²) in [7, 11) is 0. The van der Waals surface area contributed by atoms with Crippen LogP contribution in [0.2, 0.25) is 5.02 Å². The van der Waals surface area contributed by atoms with Gasteiger partial charge in [-0.05, 0) is 49.6 Å². The van der Waals surface area contributed by atoms with Crippen LogP contribution in [0.3, 0.4) is 0 Å². The van der Waals surface area contributed by atoms with Gasteiger partial charge in [-0.1, -0.05) is 23.7 Å². The van der Waals surface area contributed by atoms with E-state index in [0.29, 0.717) is 0 Å². The minimum Gasteiger partial charge on any atom is -0.221 e. The zero-order valence-electron chi connectivity index (χ0n) is 10.6. The maximum Gasteiger partial charge on any atom is 0.138 e. The third-order valence-corrected chi connectivity index (χ3v) is 3.90. The van der Waals surface area contributed by atoms with Gasteiger partial charge in [0, 0.05) is 10.6 Å². The number of hydrogen-bond donors (Lipinski definition) is 0. The van der Waals surface area contributed by atoms with Gasteiger partial charge >= 0.3 is 0 Å². The van der Waals surface area contributed by atoms with Crippen molar-refractivity contribution in [1.29, 1.82) is 0 Å². The largest absolute Gasteiger partial charge is 0.221 e. The Morgan fingerprint density at radius 3 is 2.42 bits per heavy atom. The molecule has 0 N–H and O–H groups in total. The van der Waals surface area contributed by atoms with Crippen molar-refractivity contribution in [3.8, 4) is 16.3 Å². The van der Waals surface area contributed by atoms with Crippen molar-refractivity contribution in [2.75, 3.05) is 0 Å². The van der Waals surface area contributed by atoms with Gasteiger partial charge in [0.05, 0.1) is 17.1 Å². The fourth-order valence-electron chi connectivity index (χ4n) is 1.94. The van der Waals surface area contributed by atoms with Crippen LogP contribution < -0.4 is 0 Å². The Bertz CT molecular complexity index is 713. The fraction of sp³-hybridized carbons (Fsp3) is 0.143. The van der Waals surface area contributed by atoms with Crippen LogP contribution in [-0.4, -0.2) is 14.2 Å². The predicted molar refractivity (Wildman–Crippen MR) is 79.2 cm³/mol. The third-order valence-electron chi connectivity index (χ3n) is 2.80.